The van der Waals surface area contributed by atoms with Crippen LogP contribution in [-0.2, 0) is 0 Å². The molecule has 1 saturated carbocycles. The Balaban J connectivity index is 2.03. The number of aliphatic imine (C=N–C) groups is 1. The predicted octanol–water partition coefficient (Wildman–Crippen LogP) is 3.55. The molecule has 0 spiro atoms. The van der Waals surface area contributed by atoms with Gasteiger partial charge in [0.25, 0.3) is 0 Å². The number of aromatic nitrogens is 2. The summed E-state index contributed by atoms with van der Waals surface area (Å²) >= 11 is 0. The van der Waals surface area contributed by atoms with E-state index >= 15 is 0 Å². The fraction of sp³-hybridized carbons (Fsp3) is 0.375. The molecule has 1 aliphatic rings. The zero-order chi connectivity index (χ0) is 15.0. The first-order valence-electron chi connectivity index (χ1n) is 7.16. The summed E-state index contributed by atoms with van der Waals surface area (Å²) in [7, 11) is 1.91. The molecule has 1 aliphatic carbocycles. The van der Waals surface area contributed by atoms with Crippen molar-refractivity contribution in [3.8, 4) is 0 Å². The molecule has 0 saturated heterocycles. The Morgan fingerprint density at radius 1 is 1.52 bits per heavy atom. The first-order chi connectivity index (χ1) is 10.1. The van der Waals surface area contributed by atoms with E-state index in [9.17, 15) is 4.39 Å². The van der Waals surface area contributed by atoms with Gasteiger partial charge in [-0.3, -0.25) is 4.99 Å². The van der Waals surface area contributed by atoms with Crippen molar-refractivity contribution in [1.82, 2.24) is 9.55 Å². The van der Waals surface area contributed by atoms with Crippen molar-refractivity contribution < 1.29 is 4.39 Å². The molecule has 110 valence electrons. The van der Waals surface area contributed by atoms with Crippen molar-refractivity contribution in [2.75, 3.05) is 11.9 Å². The molecule has 5 heteroatoms. The summed E-state index contributed by atoms with van der Waals surface area (Å²) in [5.41, 5.74) is 1.67. The van der Waals surface area contributed by atoms with Gasteiger partial charge in [-0.05, 0) is 38.0 Å². The zero-order valence-electron chi connectivity index (χ0n) is 12.3. The van der Waals surface area contributed by atoms with E-state index < -0.39 is 0 Å². The van der Waals surface area contributed by atoms with Crippen molar-refractivity contribution >= 4 is 23.3 Å². The van der Waals surface area contributed by atoms with Gasteiger partial charge in [0.1, 0.15) is 5.82 Å². The molecule has 1 aromatic carbocycles. The third-order valence-corrected chi connectivity index (χ3v) is 3.68. The lowest BCUT2D eigenvalue weighted by Crippen LogP contribution is -2.20. The van der Waals surface area contributed by atoms with Gasteiger partial charge in [-0.25, -0.2) is 9.37 Å². The minimum absolute atomic E-state index is 0.0589. The summed E-state index contributed by atoms with van der Waals surface area (Å²) in [6, 6.07) is 5.21. The van der Waals surface area contributed by atoms with Gasteiger partial charge in [0.2, 0.25) is 5.95 Å². The van der Waals surface area contributed by atoms with Gasteiger partial charge in [-0.2, -0.15) is 0 Å². The Morgan fingerprint density at radius 3 is 2.95 bits per heavy atom. The van der Waals surface area contributed by atoms with Crippen LogP contribution in [0.2, 0.25) is 0 Å². The van der Waals surface area contributed by atoms with Gasteiger partial charge < -0.3 is 9.47 Å². The molecule has 4 nitrogen and oxygen atoms in total. The maximum absolute atomic E-state index is 13.5. The number of hydrogen-bond donors (Lipinski definition) is 0. The number of anilines is 1. The maximum Gasteiger partial charge on any atom is 0.211 e. The Kier molecular flexibility index (Phi) is 3.49. The van der Waals surface area contributed by atoms with Crippen molar-refractivity contribution in [2.45, 2.75) is 31.8 Å². The van der Waals surface area contributed by atoms with Crippen LogP contribution in [0.1, 0.15) is 25.8 Å². The number of hydrogen-bond acceptors (Lipinski definition) is 2. The van der Waals surface area contributed by atoms with E-state index in [1.807, 2.05) is 18.9 Å². The van der Waals surface area contributed by atoms with Crippen LogP contribution in [0.5, 0.6) is 0 Å². The van der Waals surface area contributed by atoms with E-state index in [2.05, 4.69) is 21.1 Å². The molecule has 1 unspecified atom stereocenters. The topological polar surface area (TPSA) is 33.4 Å². The zero-order valence-corrected chi connectivity index (χ0v) is 12.3. The smallest absolute Gasteiger partial charge is 0.211 e. The Hall–Kier alpha value is -2.17. The first-order valence-corrected chi connectivity index (χ1v) is 7.16. The van der Waals surface area contributed by atoms with Crippen molar-refractivity contribution in [2.24, 2.45) is 4.99 Å². The van der Waals surface area contributed by atoms with E-state index in [0.717, 1.165) is 29.8 Å². The first kappa shape index (κ1) is 13.8. The monoisotopic (exact) mass is 286 g/mol. The lowest BCUT2D eigenvalue weighted by molar-refractivity contribution is 0.628. The number of benzene rings is 1. The van der Waals surface area contributed by atoms with Crippen LogP contribution in [0, 0.1) is 5.82 Å². The molecule has 1 atom stereocenters. The van der Waals surface area contributed by atoms with Crippen molar-refractivity contribution in [1.29, 1.82) is 0 Å². The van der Waals surface area contributed by atoms with Gasteiger partial charge in [0, 0.05) is 13.1 Å². The van der Waals surface area contributed by atoms with Crippen LogP contribution in [0.4, 0.5) is 10.3 Å². The van der Waals surface area contributed by atoms with Gasteiger partial charge in [0.15, 0.2) is 0 Å². The lowest BCUT2D eigenvalue weighted by Gasteiger charge is -2.15. The van der Waals surface area contributed by atoms with Gasteiger partial charge in [-0.1, -0.05) is 6.08 Å². The van der Waals surface area contributed by atoms with Crippen LogP contribution < -0.4 is 4.90 Å². The second-order valence-electron chi connectivity index (χ2n) is 5.50. The van der Waals surface area contributed by atoms with E-state index in [1.165, 1.54) is 6.07 Å². The normalized spacial score (nSPS) is 16.5. The SMILES string of the molecule is C=CC(C)N=CN(C)c1nc2ccc(F)cc2n1C1CC1. The second-order valence-corrected chi connectivity index (χ2v) is 5.50. The lowest BCUT2D eigenvalue weighted by atomic mass is 10.3. The molecule has 1 aromatic heterocycles. The molecule has 0 N–H and O–H groups in total. The highest BCUT2D eigenvalue weighted by Crippen LogP contribution is 2.40. The fourth-order valence-electron chi connectivity index (χ4n) is 2.31. The minimum atomic E-state index is -0.229. The minimum Gasteiger partial charge on any atom is -0.307 e. The largest absolute Gasteiger partial charge is 0.307 e. The number of nitrogens with zero attached hydrogens (tertiary/aromatic N) is 4. The van der Waals surface area contributed by atoms with E-state index in [-0.39, 0.29) is 11.9 Å². The van der Waals surface area contributed by atoms with Gasteiger partial charge in [-0.15, -0.1) is 6.58 Å². The quantitative estimate of drug-likeness (QED) is 0.478. The van der Waals surface area contributed by atoms with Crippen molar-refractivity contribution in [3.05, 3.63) is 36.7 Å². The number of rotatable bonds is 5. The van der Waals surface area contributed by atoms with Crippen LogP contribution in [0.15, 0.2) is 35.8 Å². The Bertz CT molecular complexity index is 700. The van der Waals surface area contributed by atoms with E-state index in [4.69, 9.17) is 0 Å². The summed E-state index contributed by atoms with van der Waals surface area (Å²) in [5, 5.41) is 0. The predicted molar refractivity (Wildman–Crippen MR) is 84.5 cm³/mol. The van der Waals surface area contributed by atoms with Crippen LogP contribution in [-0.4, -0.2) is 29.0 Å². The highest BCUT2D eigenvalue weighted by atomic mass is 19.1. The van der Waals surface area contributed by atoms with E-state index in [1.54, 1.807) is 24.5 Å². The summed E-state index contributed by atoms with van der Waals surface area (Å²) in [6.45, 7) is 5.69. The molecule has 2 aromatic rings. The molecular weight excluding hydrogens is 267 g/mol. The molecule has 1 fully saturated rings. The Morgan fingerprint density at radius 2 is 2.29 bits per heavy atom. The van der Waals surface area contributed by atoms with E-state index in [0.29, 0.717) is 6.04 Å². The van der Waals surface area contributed by atoms with Crippen LogP contribution in [0.25, 0.3) is 11.0 Å². The number of halogens is 1. The maximum atomic E-state index is 13.5. The molecule has 0 aliphatic heterocycles. The second kappa shape index (κ2) is 5.31. The van der Waals surface area contributed by atoms with Crippen LogP contribution >= 0.6 is 0 Å². The molecular formula is C16H19FN4. The number of fused-ring (bicyclic) bond motifs is 1. The molecule has 0 amide bonds. The highest BCUT2D eigenvalue weighted by Gasteiger charge is 2.29. The molecule has 3 rings (SSSR count). The summed E-state index contributed by atoms with van der Waals surface area (Å²) in [4.78, 5) is 10.9. The highest BCUT2D eigenvalue weighted by molar-refractivity contribution is 5.84. The summed E-state index contributed by atoms with van der Waals surface area (Å²) in [5.74, 6) is 0.575. The van der Waals surface area contributed by atoms with Crippen LogP contribution in [0.3, 0.4) is 0 Å². The molecule has 1 heterocycles. The third-order valence-electron chi connectivity index (χ3n) is 3.68. The standard InChI is InChI=1S/C16H19FN4/c1-4-11(2)18-10-20(3)16-19-14-8-5-12(17)9-15(14)21(16)13-6-7-13/h4-5,8-11,13H,1,6-7H2,2-3H3. The van der Waals surface area contributed by atoms with Crippen molar-refractivity contribution in [3.63, 3.8) is 0 Å². The summed E-state index contributed by atoms with van der Waals surface area (Å²) in [6.07, 6.45) is 5.76. The molecule has 21 heavy (non-hydrogen) atoms. The van der Waals surface area contributed by atoms with Gasteiger partial charge in [0.05, 0.1) is 23.4 Å². The average Bonchev–Trinajstić information content (AvgIpc) is 3.25. The molecule has 0 radical (unpaired) electrons. The summed E-state index contributed by atoms with van der Waals surface area (Å²) < 4.78 is 15.6. The fourth-order valence-corrected chi connectivity index (χ4v) is 2.31. The Labute approximate surface area is 123 Å². The third kappa shape index (κ3) is 2.68. The molecule has 0 bridgehead atoms. The number of imidazole rings is 1. The average molecular weight is 286 g/mol. The van der Waals surface area contributed by atoms with Gasteiger partial charge >= 0.3 is 0 Å².